The third kappa shape index (κ3) is 5.27. The van der Waals surface area contributed by atoms with Crippen molar-refractivity contribution < 1.29 is 14.3 Å². The van der Waals surface area contributed by atoms with Gasteiger partial charge in [-0.05, 0) is 50.5 Å². The molecule has 0 bridgehead atoms. The number of nitrogens with one attached hydrogen (secondary N) is 2. The predicted molar refractivity (Wildman–Crippen MR) is 139 cm³/mol. The highest BCUT2D eigenvalue weighted by Gasteiger charge is 2.30. The van der Waals surface area contributed by atoms with Crippen LogP contribution in [0.3, 0.4) is 0 Å². The van der Waals surface area contributed by atoms with Gasteiger partial charge in [-0.3, -0.25) is 9.59 Å². The fourth-order valence-corrected chi connectivity index (χ4v) is 4.55. The summed E-state index contributed by atoms with van der Waals surface area (Å²) in [5, 5.41) is 11.3. The van der Waals surface area contributed by atoms with Crippen molar-refractivity contribution in [2.24, 2.45) is 5.92 Å². The molecule has 2 N–H and O–H groups in total. The number of piperidine rings is 1. The normalized spacial score (nSPS) is 14.0. The number of nitrogens with zero attached hydrogens (tertiary/aromatic N) is 3. The lowest BCUT2D eigenvalue weighted by atomic mass is 9.95. The first-order chi connectivity index (χ1) is 16.8. The van der Waals surface area contributed by atoms with E-state index in [9.17, 15) is 9.59 Å². The first-order valence-electron chi connectivity index (χ1n) is 11.6. The summed E-state index contributed by atoms with van der Waals surface area (Å²) in [4.78, 5) is 27.2. The molecule has 2 aromatic carbocycles. The van der Waals surface area contributed by atoms with Gasteiger partial charge in [0.2, 0.25) is 11.8 Å². The van der Waals surface area contributed by atoms with Crippen LogP contribution in [0.4, 0.5) is 17.2 Å². The van der Waals surface area contributed by atoms with Crippen molar-refractivity contribution in [1.29, 1.82) is 0 Å². The Morgan fingerprint density at radius 3 is 2.40 bits per heavy atom. The molecular weight excluding hydrogens is 466 g/mol. The second kappa shape index (κ2) is 10.4. The molecular formula is C26H30ClN5O3. The Morgan fingerprint density at radius 1 is 1.09 bits per heavy atom. The second-order valence-corrected chi connectivity index (χ2v) is 9.17. The summed E-state index contributed by atoms with van der Waals surface area (Å²) in [5.41, 5.74) is 3.84. The van der Waals surface area contributed by atoms with Crippen molar-refractivity contribution in [2.75, 3.05) is 35.7 Å². The van der Waals surface area contributed by atoms with Crippen LogP contribution in [0.25, 0.3) is 5.69 Å². The van der Waals surface area contributed by atoms with Crippen LogP contribution in [-0.2, 0) is 9.59 Å². The topological polar surface area (TPSA) is 88.5 Å². The largest absolute Gasteiger partial charge is 0.495 e. The van der Waals surface area contributed by atoms with E-state index in [4.69, 9.17) is 21.4 Å². The van der Waals surface area contributed by atoms with Gasteiger partial charge in [-0.15, -0.1) is 0 Å². The van der Waals surface area contributed by atoms with Crippen molar-refractivity contribution in [2.45, 2.75) is 33.6 Å². The molecule has 0 spiro atoms. The van der Waals surface area contributed by atoms with Crippen molar-refractivity contribution in [3.8, 4) is 11.4 Å². The van der Waals surface area contributed by atoms with E-state index < -0.39 is 0 Å². The number of aryl methyl sites for hydroxylation is 2. The maximum absolute atomic E-state index is 13.1. The number of ether oxygens (including phenoxy) is 1. The summed E-state index contributed by atoms with van der Waals surface area (Å²) in [6.07, 6.45) is 1.33. The Balaban J connectivity index is 1.53. The SMILES string of the molecule is COc1cc(Cl)c(C)cc1NC(=O)C1CCN(c2c(NC(C)=O)c(C)nn2-c2ccccc2)CC1. The monoisotopic (exact) mass is 495 g/mol. The molecule has 1 saturated heterocycles. The second-order valence-electron chi connectivity index (χ2n) is 8.76. The van der Waals surface area contributed by atoms with Gasteiger partial charge < -0.3 is 20.3 Å². The number of rotatable bonds is 6. The minimum absolute atomic E-state index is 0.0421. The van der Waals surface area contributed by atoms with Crippen LogP contribution in [0.1, 0.15) is 31.0 Å². The van der Waals surface area contributed by atoms with Crippen LogP contribution < -0.4 is 20.3 Å². The average molecular weight is 496 g/mol. The van der Waals surface area contributed by atoms with E-state index in [2.05, 4.69) is 15.5 Å². The Labute approximate surface area is 210 Å². The van der Waals surface area contributed by atoms with Crippen LogP contribution in [-0.4, -0.2) is 41.8 Å². The lowest BCUT2D eigenvalue weighted by Crippen LogP contribution is -2.39. The van der Waals surface area contributed by atoms with Gasteiger partial charge in [-0.1, -0.05) is 29.8 Å². The van der Waals surface area contributed by atoms with E-state index >= 15 is 0 Å². The smallest absolute Gasteiger partial charge is 0.227 e. The molecule has 4 rings (SSSR count). The molecule has 8 nitrogen and oxygen atoms in total. The van der Waals surface area contributed by atoms with Gasteiger partial charge >= 0.3 is 0 Å². The summed E-state index contributed by atoms with van der Waals surface area (Å²) in [6.45, 7) is 6.57. The van der Waals surface area contributed by atoms with Crippen molar-refractivity contribution in [3.63, 3.8) is 0 Å². The molecule has 0 atom stereocenters. The summed E-state index contributed by atoms with van der Waals surface area (Å²) in [6, 6.07) is 13.4. The summed E-state index contributed by atoms with van der Waals surface area (Å²) < 4.78 is 7.26. The Kier molecular flexibility index (Phi) is 7.31. The number of methoxy groups -OCH3 is 1. The van der Waals surface area contributed by atoms with Gasteiger partial charge in [-0.2, -0.15) is 5.10 Å². The number of hydrogen-bond acceptors (Lipinski definition) is 5. The Hall–Kier alpha value is -3.52. The van der Waals surface area contributed by atoms with E-state index in [0.717, 1.165) is 22.8 Å². The summed E-state index contributed by atoms with van der Waals surface area (Å²) >= 11 is 6.20. The van der Waals surface area contributed by atoms with Gasteiger partial charge in [-0.25, -0.2) is 4.68 Å². The fraction of sp³-hybridized carbons (Fsp3) is 0.346. The molecule has 0 aliphatic carbocycles. The van der Waals surface area contributed by atoms with E-state index in [0.29, 0.717) is 48.1 Å². The zero-order chi connectivity index (χ0) is 25.1. The van der Waals surface area contributed by atoms with E-state index in [1.54, 1.807) is 13.2 Å². The van der Waals surface area contributed by atoms with Crippen molar-refractivity contribution >= 4 is 40.6 Å². The predicted octanol–water partition coefficient (Wildman–Crippen LogP) is 4.96. The molecule has 35 heavy (non-hydrogen) atoms. The highest BCUT2D eigenvalue weighted by atomic mass is 35.5. The molecule has 1 fully saturated rings. The number of hydrogen-bond donors (Lipinski definition) is 2. The van der Waals surface area contributed by atoms with Crippen LogP contribution in [0.15, 0.2) is 42.5 Å². The van der Waals surface area contributed by atoms with E-state index in [1.807, 2.05) is 54.9 Å². The van der Waals surface area contributed by atoms with E-state index in [-0.39, 0.29) is 17.7 Å². The first-order valence-corrected chi connectivity index (χ1v) is 12.0. The quantitative estimate of drug-likeness (QED) is 0.504. The zero-order valence-corrected chi connectivity index (χ0v) is 21.1. The maximum atomic E-state index is 13.1. The first kappa shape index (κ1) is 24.6. The van der Waals surface area contributed by atoms with Crippen LogP contribution in [0.5, 0.6) is 5.75 Å². The average Bonchev–Trinajstić information content (AvgIpc) is 3.17. The number of amides is 2. The van der Waals surface area contributed by atoms with Crippen molar-refractivity contribution in [3.05, 3.63) is 58.7 Å². The van der Waals surface area contributed by atoms with Crippen LogP contribution in [0, 0.1) is 19.8 Å². The molecule has 184 valence electrons. The molecule has 1 aliphatic heterocycles. The number of para-hydroxylation sites is 1. The third-order valence-electron chi connectivity index (χ3n) is 6.24. The number of aromatic nitrogens is 2. The molecule has 1 aliphatic rings. The molecule has 0 unspecified atom stereocenters. The maximum Gasteiger partial charge on any atom is 0.227 e. The van der Waals surface area contributed by atoms with E-state index in [1.165, 1.54) is 6.92 Å². The Bertz CT molecular complexity index is 1230. The molecule has 0 radical (unpaired) electrons. The fourth-order valence-electron chi connectivity index (χ4n) is 4.40. The zero-order valence-electron chi connectivity index (χ0n) is 20.4. The Morgan fingerprint density at radius 2 is 1.77 bits per heavy atom. The van der Waals surface area contributed by atoms with Crippen molar-refractivity contribution in [1.82, 2.24) is 9.78 Å². The standard InChI is InChI=1S/C26H30ClN5O3/c1-16-14-22(23(35-4)15-21(16)27)29-25(34)19-10-12-31(13-11-19)26-24(28-18(3)33)17(2)30-32(26)20-8-6-5-7-9-20/h5-9,14-15,19H,10-13H2,1-4H3,(H,28,33)(H,29,34). The minimum atomic E-state index is -0.150. The number of carbonyl (C=O) groups excluding carboxylic acids is 2. The van der Waals surface area contributed by atoms with Gasteiger partial charge in [0.05, 0.1) is 24.2 Å². The molecule has 1 aromatic heterocycles. The van der Waals surface area contributed by atoms with Crippen LogP contribution in [0.2, 0.25) is 5.02 Å². The van der Waals surface area contributed by atoms with Gasteiger partial charge in [0.15, 0.2) is 5.82 Å². The molecule has 0 saturated carbocycles. The third-order valence-corrected chi connectivity index (χ3v) is 6.65. The minimum Gasteiger partial charge on any atom is -0.495 e. The van der Waals surface area contributed by atoms with Gasteiger partial charge in [0.1, 0.15) is 11.4 Å². The van der Waals surface area contributed by atoms with Gasteiger partial charge in [0, 0.05) is 37.0 Å². The highest BCUT2D eigenvalue weighted by Crippen LogP contribution is 2.36. The lowest BCUT2D eigenvalue weighted by Gasteiger charge is -2.33. The summed E-state index contributed by atoms with van der Waals surface area (Å²) in [5.74, 6) is 1.03. The molecule has 2 amide bonds. The van der Waals surface area contributed by atoms with Gasteiger partial charge in [0.25, 0.3) is 0 Å². The highest BCUT2D eigenvalue weighted by molar-refractivity contribution is 6.31. The van der Waals surface area contributed by atoms with Crippen LogP contribution >= 0.6 is 11.6 Å². The summed E-state index contributed by atoms with van der Waals surface area (Å²) in [7, 11) is 1.56. The number of halogens is 1. The molecule has 9 heteroatoms. The number of anilines is 3. The molecule has 2 heterocycles. The molecule has 3 aromatic rings. The number of carbonyl (C=O) groups is 2. The number of benzene rings is 2. The lowest BCUT2D eigenvalue weighted by molar-refractivity contribution is -0.120.